The van der Waals surface area contributed by atoms with E-state index in [1.807, 2.05) is 11.0 Å². The van der Waals surface area contributed by atoms with Gasteiger partial charge in [-0.15, -0.1) is 23.7 Å². The molecule has 26 heavy (non-hydrogen) atoms. The molecule has 2 amide bonds. The minimum absolute atomic E-state index is 0. The predicted octanol–water partition coefficient (Wildman–Crippen LogP) is 2.69. The Morgan fingerprint density at radius 1 is 1.27 bits per heavy atom. The summed E-state index contributed by atoms with van der Waals surface area (Å²) in [5, 5.41) is 4.95. The summed E-state index contributed by atoms with van der Waals surface area (Å²) in [7, 11) is 0. The van der Waals surface area contributed by atoms with Crippen LogP contribution in [0, 0.1) is 5.92 Å². The smallest absolute Gasteiger partial charge is 0.234 e. The van der Waals surface area contributed by atoms with Gasteiger partial charge in [0.15, 0.2) is 0 Å². The molecule has 1 unspecified atom stereocenters. The molecule has 7 heteroatoms. The van der Waals surface area contributed by atoms with Crippen LogP contribution < -0.4 is 11.1 Å². The van der Waals surface area contributed by atoms with Crippen LogP contribution in [0.5, 0.6) is 0 Å². The van der Waals surface area contributed by atoms with Gasteiger partial charge >= 0.3 is 0 Å². The molecule has 1 saturated heterocycles. The highest BCUT2D eigenvalue weighted by atomic mass is 35.5. The molecule has 0 radical (unpaired) electrons. The van der Waals surface area contributed by atoms with Crippen molar-refractivity contribution in [3.63, 3.8) is 0 Å². The lowest BCUT2D eigenvalue weighted by Crippen LogP contribution is -2.53. The van der Waals surface area contributed by atoms with Gasteiger partial charge in [-0.3, -0.25) is 9.59 Å². The summed E-state index contributed by atoms with van der Waals surface area (Å²) in [6.07, 6.45) is 7.05. The number of nitrogens with two attached hydrogens (primary N) is 1. The van der Waals surface area contributed by atoms with Crippen molar-refractivity contribution in [2.45, 2.75) is 50.4 Å². The summed E-state index contributed by atoms with van der Waals surface area (Å²) in [5.74, 6) is 0.177. The van der Waals surface area contributed by atoms with Crippen molar-refractivity contribution in [1.29, 1.82) is 0 Å². The first kappa shape index (κ1) is 21.2. The second-order valence-corrected chi connectivity index (χ2v) is 8.24. The van der Waals surface area contributed by atoms with Crippen LogP contribution in [-0.2, 0) is 15.0 Å². The van der Waals surface area contributed by atoms with Gasteiger partial charge in [0.1, 0.15) is 0 Å². The van der Waals surface area contributed by atoms with Gasteiger partial charge in [-0.25, -0.2) is 0 Å². The highest BCUT2D eigenvalue weighted by Crippen LogP contribution is 2.43. The van der Waals surface area contributed by atoms with Gasteiger partial charge in [0.05, 0.1) is 11.3 Å². The predicted molar refractivity (Wildman–Crippen MR) is 108 cm³/mol. The molecule has 3 N–H and O–H groups in total. The van der Waals surface area contributed by atoms with E-state index in [0.29, 0.717) is 19.6 Å². The molecule has 0 spiro atoms. The van der Waals surface area contributed by atoms with E-state index in [4.69, 9.17) is 5.73 Å². The third-order valence-electron chi connectivity index (χ3n) is 5.63. The fourth-order valence-electron chi connectivity index (χ4n) is 4.29. The average Bonchev–Trinajstić information content (AvgIpc) is 3.21. The largest absolute Gasteiger partial charge is 0.355 e. The number of rotatable bonds is 5. The van der Waals surface area contributed by atoms with Crippen molar-refractivity contribution in [2.75, 3.05) is 26.2 Å². The molecule has 1 saturated carbocycles. The number of nitrogens with zero attached hydrogens (tertiary/aromatic N) is 1. The first-order chi connectivity index (χ1) is 12.2. The number of carbonyl (C=O) groups excluding carboxylic acids is 2. The van der Waals surface area contributed by atoms with Gasteiger partial charge in [-0.2, -0.15) is 0 Å². The molecule has 1 atom stereocenters. The Hall–Kier alpha value is -1.11. The number of hydrogen-bond acceptors (Lipinski definition) is 4. The fraction of sp³-hybridized carbons (Fsp3) is 0.684. The van der Waals surface area contributed by atoms with Crippen LogP contribution >= 0.6 is 23.7 Å². The first-order valence-corrected chi connectivity index (χ1v) is 10.4. The second-order valence-electron chi connectivity index (χ2n) is 7.29. The number of carbonyl (C=O) groups is 2. The number of halogens is 1. The van der Waals surface area contributed by atoms with Gasteiger partial charge in [0.2, 0.25) is 11.8 Å². The van der Waals surface area contributed by atoms with E-state index in [2.05, 4.69) is 16.8 Å². The van der Waals surface area contributed by atoms with Crippen molar-refractivity contribution in [1.82, 2.24) is 10.2 Å². The molecular formula is C19H30ClN3O2S. The lowest BCUT2D eigenvalue weighted by atomic mass is 9.71. The Kier molecular flexibility index (Phi) is 7.92. The van der Waals surface area contributed by atoms with E-state index in [1.54, 1.807) is 11.3 Å². The molecular weight excluding hydrogens is 370 g/mol. The Labute approximate surface area is 166 Å². The number of nitrogens with one attached hydrogen (secondary N) is 1. The summed E-state index contributed by atoms with van der Waals surface area (Å²) in [6.45, 7) is 2.26. The number of piperidine rings is 1. The molecule has 2 fully saturated rings. The minimum Gasteiger partial charge on any atom is -0.355 e. The fourth-order valence-corrected chi connectivity index (χ4v) is 5.27. The number of hydrogen-bond donors (Lipinski definition) is 2. The van der Waals surface area contributed by atoms with Crippen LogP contribution in [0.2, 0.25) is 0 Å². The molecule has 2 aliphatic rings. The molecule has 1 aliphatic carbocycles. The molecule has 1 aromatic heterocycles. The van der Waals surface area contributed by atoms with Gasteiger partial charge in [0.25, 0.3) is 0 Å². The Balaban J connectivity index is 0.00000243. The van der Waals surface area contributed by atoms with E-state index in [1.165, 1.54) is 11.3 Å². The van der Waals surface area contributed by atoms with Gasteiger partial charge in [-0.05, 0) is 37.1 Å². The summed E-state index contributed by atoms with van der Waals surface area (Å²) < 4.78 is 0. The van der Waals surface area contributed by atoms with Gasteiger partial charge < -0.3 is 16.0 Å². The lowest BCUT2D eigenvalue weighted by molar-refractivity contribution is -0.142. The second kappa shape index (κ2) is 9.72. The highest BCUT2D eigenvalue weighted by molar-refractivity contribution is 7.10. The van der Waals surface area contributed by atoms with E-state index >= 15 is 0 Å². The average molecular weight is 400 g/mol. The number of likely N-dealkylation sites (tertiary alicyclic amines) is 1. The van der Waals surface area contributed by atoms with Crippen molar-refractivity contribution >= 4 is 35.6 Å². The molecule has 1 aromatic rings. The molecule has 1 aliphatic heterocycles. The van der Waals surface area contributed by atoms with E-state index < -0.39 is 0 Å². The zero-order valence-electron chi connectivity index (χ0n) is 15.2. The van der Waals surface area contributed by atoms with E-state index in [-0.39, 0.29) is 35.6 Å². The molecule has 0 bridgehead atoms. The van der Waals surface area contributed by atoms with Gasteiger partial charge in [-0.1, -0.05) is 25.3 Å². The maximum absolute atomic E-state index is 13.5. The molecule has 0 aromatic carbocycles. The Morgan fingerprint density at radius 3 is 2.69 bits per heavy atom. The summed E-state index contributed by atoms with van der Waals surface area (Å²) >= 11 is 1.70. The third-order valence-corrected chi connectivity index (χ3v) is 6.71. The SMILES string of the molecule is Cl.NCCNC(=O)C1CCCN(C(=O)C2(c3cccs3)CCCCC2)C1. The third kappa shape index (κ3) is 4.41. The van der Waals surface area contributed by atoms with Gasteiger partial charge in [0, 0.05) is 31.1 Å². The summed E-state index contributed by atoms with van der Waals surface area (Å²) in [4.78, 5) is 29.0. The minimum atomic E-state index is -0.359. The standard InChI is InChI=1S/C19H29N3O2S.ClH/c20-10-11-21-17(23)15-6-4-12-22(14-15)18(24)19(8-2-1-3-9-19)16-7-5-13-25-16;/h5,7,13,15H,1-4,6,8-12,14,20H2,(H,21,23);1H. The molecule has 5 nitrogen and oxygen atoms in total. The van der Waals surface area contributed by atoms with Crippen molar-refractivity contribution in [3.05, 3.63) is 22.4 Å². The van der Waals surface area contributed by atoms with Crippen LogP contribution in [0.1, 0.15) is 49.8 Å². The molecule has 146 valence electrons. The summed E-state index contributed by atoms with van der Waals surface area (Å²) in [5.41, 5.74) is 5.11. The maximum atomic E-state index is 13.5. The number of thiophene rings is 1. The lowest BCUT2D eigenvalue weighted by Gasteiger charge is -2.42. The van der Waals surface area contributed by atoms with Crippen LogP contribution in [0.3, 0.4) is 0 Å². The monoisotopic (exact) mass is 399 g/mol. The zero-order valence-corrected chi connectivity index (χ0v) is 16.9. The zero-order chi connectivity index (χ0) is 17.7. The highest BCUT2D eigenvalue weighted by Gasteiger charge is 2.45. The Bertz CT molecular complexity index is 588. The topological polar surface area (TPSA) is 75.4 Å². The summed E-state index contributed by atoms with van der Waals surface area (Å²) in [6, 6.07) is 4.16. The van der Waals surface area contributed by atoms with Crippen LogP contribution in [0.25, 0.3) is 0 Å². The van der Waals surface area contributed by atoms with Crippen LogP contribution in [0.15, 0.2) is 17.5 Å². The first-order valence-electron chi connectivity index (χ1n) is 9.48. The van der Waals surface area contributed by atoms with Crippen molar-refractivity contribution < 1.29 is 9.59 Å². The normalized spacial score (nSPS) is 22.3. The molecule has 2 heterocycles. The number of amides is 2. The van der Waals surface area contributed by atoms with E-state index in [9.17, 15) is 9.59 Å². The van der Waals surface area contributed by atoms with E-state index in [0.717, 1.165) is 45.1 Å². The van der Waals surface area contributed by atoms with Crippen LogP contribution in [-0.4, -0.2) is 42.9 Å². The molecule has 3 rings (SSSR count). The Morgan fingerprint density at radius 2 is 2.04 bits per heavy atom. The maximum Gasteiger partial charge on any atom is 0.234 e. The van der Waals surface area contributed by atoms with Crippen molar-refractivity contribution in [2.24, 2.45) is 11.7 Å². The van der Waals surface area contributed by atoms with Crippen molar-refractivity contribution in [3.8, 4) is 0 Å². The van der Waals surface area contributed by atoms with Crippen LogP contribution in [0.4, 0.5) is 0 Å². The quantitative estimate of drug-likeness (QED) is 0.799.